The molecule has 0 aliphatic carbocycles. The van der Waals surface area contributed by atoms with E-state index in [1.807, 2.05) is 24.3 Å². The molecule has 0 saturated carbocycles. The first kappa shape index (κ1) is 25.2. The number of aryl methyl sites for hydroxylation is 2. The first-order chi connectivity index (χ1) is 18.5. The molecule has 5 aromatic rings. The van der Waals surface area contributed by atoms with Crippen molar-refractivity contribution in [3.63, 3.8) is 0 Å². The van der Waals surface area contributed by atoms with Gasteiger partial charge in [-0.3, -0.25) is 14.5 Å². The highest BCUT2D eigenvalue weighted by molar-refractivity contribution is 5.91. The molecule has 0 spiro atoms. The largest absolute Gasteiger partial charge is 0.345 e. The maximum Gasteiger partial charge on any atom is 0.273 e. The smallest absolute Gasteiger partial charge is 0.273 e. The number of hydrogen-bond acceptors (Lipinski definition) is 6. The second-order valence-corrected chi connectivity index (χ2v) is 9.54. The highest BCUT2D eigenvalue weighted by Crippen LogP contribution is 2.25. The van der Waals surface area contributed by atoms with Gasteiger partial charge in [0.1, 0.15) is 5.82 Å². The third kappa shape index (κ3) is 5.91. The lowest BCUT2D eigenvalue weighted by molar-refractivity contribution is 0.0945. The van der Waals surface area contributed by atoms with Crippen molar-refractivity contribution in [2.75, 3.05) is 0 Å². The fourth-order valence-corrected chi connectivity index (χ4v) is 4.23. The molecule has 0 saturated heterocycles. The predicted molar refractivity (Wildman–Crippen MR) is 142 cm³/mol. The molecule has 1 aromatic carbocycles. The van der Waals surface area contributed by atoms with E-state index in [9.17, 15) is 9.18 Å². The predicted octanol–water partition coefficient (Wildman–Crippen LogP) is 4.83. The Morgan fingerprint density at radius 1 is 1.05 bits per heavy atom. The Hall–Kier alpha value is -4.47. The van der Waals surface area contributed by atoms with Crippen molar-refractivity contribution >= 4 is 16.9 Å². The molecule has 0 aliphatic heterocycles. The number of H-pyrrole nitrogens is 1. The van der Waals surface area contributed by atoms with E-state index < -0.39 is 0 Å². The van der Waals surface area contributed by atoms with Crippen LogP contribution in [-0.2, 0) is 19.5 Å². The number of unbranched alkanes of at least 4 members (excludes halogenated alkanes) is 1. The summed E-state index contributed by atoms with van der Waals surface area (Å²) in [4.78, 5) is 19.9. The molecule has 0 fully saturated rings. The molecule has 1 amide bonds. The average Bonchev–Trinajstić information content (AvgIpc) is 3.57. The number of aromatic amines is 1. The average molecular weight is 513 g/mol. The van der Waals surface area contributed by atoms with Crippen LogP contribution in [0, 0.1) is 5.82 Å². The van der Waals surface area contributed by atoms with E-state index in [4.69, 9.17) is 0 Å². The van der Waals surface area contributed by atoms with Crippen LogP contribution in [0.4, 0.5) is 4.39 Å². The molecule has 10 heteroatoms. The quantitative estimate of drug-likeness (QED) is 0.259. The first-order valence-corrected chi connectivity index (χ1v) is 12.7. The standard InChI is InChI=1S/C28H29FN8O/c1-18(2)19-10-11-30-22(13-19)16-31-28(38)26-17-37(36-34-26)12-6-5-7-21-14-20-15-25(32-27(20)35-33-21)23-8-3-4-9-24(23)29/h3-4,8-11,13-15,17-18H,5-7,12,16H2,1-2H3,(H,31,38)(H,32,35). The van der Waals surface area contributed by atoms with E-state index in [1.165, 1.54) is 11.6 Å². The van der Waals surface area contributed by atoms with Crippen LogP contribution < -0.4 is 5.32 Å². The van der Waals surface area contributed by atoms with Crippen LogP contribution in [-0.4, -0.2) is 41.1 Å². The van der Waals surface area contributed by atoms with Gasteiger partial charge in [0.15, 0.2) is 11.3 Å². The SMILES string of the molecule is CC(C)c1ccnc(CNC(=O)c2cn(CCCCc3cc4cc(-c5ccccc5F)[nH]c4nn3)nn2)c1. The Morgan fingerprint density at radius 3 is 2.76 bits per heavy atom. The van der Waals surface area contributed by atoms with Crippen LogP contribution in [0.3, 0.4) is 0 Å². The minimum atomic E-state index is -0.283. The monoisotopic (exact) mass is 512 g/mol. The number of nitrogens with zero attached hydrogens (tertiary/aromatic N) is 6. The summed E-state index contributed by atoms with van der Waals surface area (Å²) in [6.45, 7) is 5.21. The molecule has 38 heavy (non-hydrogen) atoms. The van der Waals surface area contributed by atoms with Crippen LogP contribution in [0.2, 0.25) is 0 Å². The van der Waals surface area contributed by atoms with Gasteiger partial charge in [0.05, 0.1) is 29.8 Å². The van der Waals surface area contributed by atoms with E-state index in [2.05, 4.69) is 49.6 Å². The Bertz CT molecular complexity index is 1560. The lowest BCUT2D eigenvalue weighted by Crippen LogP contribution is -2.23. The number of pyridine rings is 1. The van der Waals surface area contributed by atoms with Gasteiger partial charge in [-0.25, -0.2) is 4.39 Å². The highest BCUT2D eigenvalue weighted by Gasteiger charge is 2.12. The fraction of sp³-hybridized carbons (Fsp3) is 0.286. The van der Waals surface area contributed by atoms with Gasteiger partial charge in [-0.15, -0.1) is 10.2 Å². The Kier molecular flexibility index (Phi) is 7.48. The second-order valence-electron chi connectivity index (χ2n) is 9.54. The van der Waals surface area contributed by atoms with E-state index in [1.54, 1.807) is 35.3 Å². The molecule has 0 atom stereocenters. The van der Waals surface area contributed by atoms with Crippen LogP contribution in [0.1, 0.15) is 60.0 Å². The van der Waals surface area contributed by atoms with E-state index in [0.29, 0.717) is 35.9 Å². The number of halogens is 1. The van der Waals surface area contributed by atoms with E-state index in [0.717, 1.165) is 36.0 Å². The molecule has 4 heterocycles. The van der Waals surface area contributed by atoms with Crippen molar-refractivity contribution in [2.45, 2.75) is 52.1 Å². The molecule has 5 rings (SSSR count). The summed E-state index contributed by atoms with van der Waals surface area (Å²) < 4.78 is 15.8. The van der Waals surface area contributed by atoms with Gasteiger partial charge in [0, 0.05) is 23.7 Å². The minimum Gasteiger partial charge on any atom is -0.345 e. The number of aromatic nitrogens is 7. The van der Waals surface area contributed by atoms with Crippen LogP contribution in [0.5, 0.6) is 0 Å². The molecule has 0 bridgehead atoms. The van der Waals surface area contributed by atoms with Crippen molar-refractivity contribution in [3.8, 4) is 11.3 Å². The van der Waals surface area contributed by atoms with Crippen LogP contribution >= 0.6 is 0 Å². The van der Waals surface area contributed by atoms with E-state index >= 15 is 0 Å². The summed E-state index contributed by atoms with van der Waals surface area (Å²) in [5.74, 6) is -0.165. The molecule has 4 aromatic heterocycles. The summed E-state index contributed by atoms with van der Waals surface area (Å²) in [6, 6.07) is 14.5. The second kappa shape index (κ2) is 11.3. The summed E-state index contributed by atoms with van der Waals surface area (Å²) >= 11 is 0. The van der Waals surface area contributed by atoms with E-state index in [-0.39, 0.29) is 17.4 Å². The molecule has 9 nitrogen and oxygen atoms in total. The number of carbonyl (C=O) groups excluding carboxylic acids is 1. The number of amides is 1. The molecular weight excluding hydrogens is 483 g/mol. The molecule has 2 N–H and O–H groups in total. The van der Waals surface area contributed by atoms with Crippen LogP contribution in [0.15, 0.2) is 60.9 Å². The van der Waals surface area contributed by atoms with Crippen molar-refractivity contribution < 1.29 is 9.18 Å². The summed E-state index contributed by atoms with van der Waals surface area (Å²) in [6.07, 6.45) is 5.86. The molecular formula is C28H29FN8O. The highest BCUT2D eigenvalue weighted by atomic mass is 19.1. The van der Waals surface area contributed by atoms with Gasteiger partial charge in [-0.05, 0) is 67.1 Å². The van der Waals surface area contributed by atoms with Gasteiger partial charge in [-0.2, -0.15) is 5.10 Å². The van der Waals surface area contributed by atoms with Crippen molar-refractivity contribution in [1.82, 2.24) is 40.5 Å². The number of carbonyl (C=O) groups is 1. The fourth-order valence-electron chi connectivity index (χ4n) is 4.23. The lowest BCUT2D eigenvalue weighted by atomic mass is 10.0. The first-order valence-electron chi connectivity index (χ1n) is 12.7. The molecule has 0 unspecified atom stereocenters. The lowest BCUT2D eigenvalue weighted by Gasteiger charge is -2.07. The summed E-state index contributed by atoms with van der Waals surface area (Å²) in [5.41, 5.74) is 4.94. The number of rotatable bonds is 10. The molecule has 0 radical (unpaired) electrons. The van der Waals surface area contributed by atoms with Crippen molar-refractivity contribution in [1.29, 1.82) is 0 Å². The zero-order chi connectivity index (χ0) is 26.5. The maximum absolute atomic E-state index is 14.1. The number of benzene rings is 1. The number of nitrogens with one attached hydrogen (secondary N) is 2. The van der Waals surface area contributed by atoms with Gasteiger partial charge in [-0.1, -0.05) is 31.2 Å². The molecule has 194 valence electrons. The van der Waals surface area contributed by atoms with Crippen molar-refractivity contribution in [3.05, 3.63) is 89.4 Å². The van der Waals surface area contributed by atoms with Gasteiger partial charge >= 0.3 is 0 Å². The third-order valence-electron chi connectivity index (χ3n) is 6.37. The number of fused-ring (bicyclic) bond motifs is 1. The Morgan fingerprint density at radius 2 is 1.92 bits per heavy atom. The van der Waals surface area contributed by atoms with Crippen molar-refractivity contribution in [2.24, 2.45) is 0 Å². The maximum atomic E-state index is 14.1. The minimum absolute atomic E-state index is 0.277. The summed E-state index contributed by atoms with van der Waals surface area (Å²) in [7, 11) is 0. The summed E-state index contributed by atoms with van der Waals surface area (Å²) in [5, 5.41) is 20.4. The van der Waals surface area contributed by atoms with Gasteiger partial charge < -0.3 is 10.3 Å². The third-order valence-corrected chi connectivity index (χ3v) is 6.37. The van der Waals surface area contributed by atoms with Crippen LogP contribution in [0.25, 0.3) is 22.3 Å². The Balaban J connectivity index is 1.10. The topological polar surface area (TPSA) is 114 Å². The molecule has 0 aliphatic rings. The zero-order valence-corrected chi connectivity index (χ0v) is 21.4. The number of hydrogen-bond donors (Lipinski definition) is 2. The normalized spacial score (nSPS) is 11.4. The zero-order valence-electron chi connectivity index (χ0n) is 21.4. The Labute approximate surface area is 219 Å². The van der Waals surface area contributed by atoms with Gasteiger partial charge in [0.25, 0.3) is 5.91 Å². The van der Waals surface area contributed by atoms with Gasteiger partial charge in [0.2, 0.25) is 0 Å².